The van der Waals surface area contributed by atoms with Crippen molar-refractivity contribution in [2.75, 3.05) is 30.5 Å². The molecule has 0 radical (unpaired) electrons. The molecule has 0 amide bonds. The quantitative estimate of drug-likeness (QED) is 0.839. The first-order valence-corrected chi connectivity index (χ1v) is 9.48. The largest absolute Gasteiger partial charge is 0.311 e. The Morgan fingerprint density at radius 3 is 2.56 bits per heavy atom. The maximum Gasteiger partial charge on any atom is 0.196 e. The highest BCUT2D eigenvalue weighted by Gasteiger charge is 2.20. The Morgan fingerprint density at radius 2 is 1.96 bits per heavy atom. The molecule has 130 valence electrons. The normalized spacial score (nSPS) is 19.2. The summed E-state index contributed by atoms with van der Waals surface area (Å²) >= 11 is -1.11. The number of nitrogens with one attached hydrogen (secondary N) is 1. The van der Waals surface area contributed by atoms with Crippen LogP contribution in [0.2, 0.25) is 0 Å². The van der Waals surface area contributed by atoms with Gasteiger partial charge in [0.15, 0.2) is 17.4 Å². The second kappa shape index (κ2) is 8.60. The molecule has 1 unspecified atom stereocenters. The van der Waals surface area contributed by atoms with Crippen LogP contribution in [0.5, 0.6) is 0 Å². The molecule has 1 atom stereocenters. The Kier molecular flexibility index (Phi) is 5.99. The number of nitriles is 1. The van der Waals surface area contributed by atoms with Crippen LogP contribution < -0.4 is 9.03 Å². The Hall–Kier alpha value is -2.43. The molecule has 25 heavy (non-hydrogen) atoms. The van der Waals surface area contributed by atoms with E-state index in [-0.39, 0.29) is 0 Å². The fourth-order valence-electron chi connectivity index (χ4n) is 2.79. The van der Waals surface area contributed by atoms with Gasteiger partial charge in [0.25, 0.3) is 0 Å². The van der Waals surface area contributed by atoms with Gasteiger partial charge in [-0.1, -0.05) is 18.2 Å². The van der Waals surface area contributed by atoms with E-state index in [1.165, 1.54) is 12.8 Å². The maximum absolute atomic E-state index is 11.7. The van der Waals surface area contributed by atoms with E-state index in [0.29, 0.717) is 0 Å². The number of rotatable bonds is 2. The number of benzene rings is 1. The van der Waals surface area contributed by atoms with Crippen molar-refractivity contribution in [3.63, 3.8) is 0 Å². The lowest BCUT2D eigenvalue weighted by Gasteiger charge is -2.15. The van der Waals surface area contributed by atoms with E-state index in [9.17, 15) is 4.21 Å². The number of pyridine rings is 1. The SMILES string of the molecule is N#CN1CCCC1.O=S1NCCN1c1cccc(-c2ccccn2)c1. The molecule has 2 aliphatic rings. The molecule has 3 heterocycles. The van der Waals surface area contributed by atoms with E-state index in [0.717, 1.165) is 43.1 Å². The van der Waals surface area contributed by atoms with Crippen molar-refractivity contribution < 1.29 is 4.21 Å². The minimum atomic E-state index is -1.11. The molecule has 2 aromatic rings. The Labute approximate surface area is 150 Å². The van der Waals surface area contributed by atoms with E-state index in [4.69, 9.17) is 5.26 Å². The molecule has 0 bridgehead atoms. The highest BCUT2D eigenvalue weighted by Crippen LogP contribution is 2.24. The fraction of sp³-hybridized carbons (Fsp3) is 0.333. The van der Waals surface area contributed by atoms with Gasteiger partial charge in [0.2, 0.25) is 0 Å². The molecule has 2 saturated heterocycles. The third-order valence-corrected chi connectivity index (χ3v) is 5.33. The number of aromatic nitrogens is 1. The lowest BCUT2D eigenvalue weighted by molar-refractivity contribution is 0.487. The summed E-state index contributed by atoms with van der Waals surface area (Å²) in [5.41, 5.74) is 2.93. The number of likely N-dealkylation sites (tertiary alicyclic amines) is 1. The van der Waals surface area contributed by atoms with Crippen LogP contribution >= 0.6 is 0 Å². The average Bonchev–Trinajstić information content (AvgIpc) is 3.34. The zero-order valence-electron chi connectivity index (χ0n) is 14.0. The summed E-state index contributed by atoms with van der Waals surface area (Å²) in [6.07, 6.45) is 6.28. The van der Waals surface area contributed by atoms with Gasteiger partial charge in [-0.15, -0.1) is 0 Å². The van der Waals surface area contributed by atoms with Gasteiger partial charge in [-0.25, -0.2) is 8.93 Å². The predicted molar refractivity (Wildman–Crippen MR) is 99.6 cm³/mol. The molecular formula is C18H21N5OS. The molecule has 0 saturated carbocycles. The smallest absolute Gasteiger partial charge is 0.196 e. The molecular weight excluding hydrogens is 334 g/mol. The van der Waals surface area contributed by atoms with Crippen molar-refractivity contribution in [3.05, 3.63) is 48.7 Å². The van der Waals surface area contributed by atoms with Gasteiger partial charge in [0.05, 0.1) is 11.4 Å². The standard InChI is InChI=1S/C13H13N3OS.C5H8N2/c17-18-15-8-9-16(18)12-5-3-4-11(10-12)13-6-1-2-7-14-13;6-5-7-3-1-2-4-7/h1-7,10,15H,8-9H2;1-4H2. The van der Waals surface area contributed by atoms with E-state index in [1.54, 1.807) is 11.1 Å². The summed E-state index contributed by atoms with van der Waals surface area (Å²) in [5, 5.41) is 8.24. The third-order valence-electron chi connectivity index (χ3n) is 4.08. The summed E-state index contributed by atoms with van der Waals surface area (Å²) in [4.78, 5) is 6.12. The van der Waals surface area contributed by atoms with Gasteiger partial charge in [-0.2, -0.15) is 5.26 Å². The van der Waals surface area contributed by atoms with Gasteiger partial charge >= 0.3 is 0 Å². The first kappa shape index (κ1) is 17.4. The van der Waals surface area contributed by atoms with Crippen molar-refractivity contribution in [1.29, 1.82) is 5.26 Å². The number of anilines is 1. The highest BCUT2D eigenvalue weighted by atomic mass is 32.2. The lowest BCUT2D eigenvalue weighted by Crippen LogP contribution is -2.22. The molecule has 0 spiro atoms. The zero-order valence-corrected chi connectivity index (χ0v) is 14.8. The van der Waals surface area contributed by atoms with Gasteiger partial charge < -0.3 is 4.90 Å². The van der Waals surface area contributed by atoms with E-state index < -0.39 is 11.2 Å². The zero-order chi connectivity index (χ0) is 17.5. The van der Waals surface area contributed by atoms with E-state index >= 15 is 0 Å². The summed E-state index contributed by atoms with van der Waals surface area (Å²) in [6.45, 7) is 3.48. The van der Waals surface area contributed by atoms with Gasteiger partial charge in [0.1, 0.15) is 0 Å². The summed E-state index contributed by atoms with van der Waals surface area (Å²) < 4.78 is 16.5. The molecule has 4 rings (SSSR count). The topological polar surface area (TPSA) is 72.3 Å². The van der Waals surface area contributed by atoms with Crippen LogP contribution in [0.3, 0.4) is 0 Å². The molecule has 7 heteroatoms. The Bertz CT molecular complexity index is 756. The summed E-state index contributed by atoms with van der Waals surface area (Å²) in [5.74, 6) is 0. The van der Waals surface area contributed by atoms with Crippen LogP contribution in [0, 0.1) is 11.5 Å². The molecule has 0 aliphatic carbocycles. The molecule has 6 nitrogen and oxygen atoms in total. The van der Waals surface area contributed by atoms with Gasteiger partial charge in [-0.05, 0) is 37.1 Å². The summed E-state index contributed by atoms with van der Waals surface area (Å²) in [7, 11) is 0. The third kappa shape index (κ3) is 4.56. The minimum absolute atomic E-state index is 0.750. The number of nitrogens with zero attached hydrogens (tertiary/aromatic N) is 4. The second-order valence-electron chi connectivity index (χ2n) is 5.81. The predicted octanol–water partition coefficient (Wildman–Crippen LogP) is 2.30. The molecule has 1 aromatic carbocycles. The van der Waals surface area contributed by atoms with Crippen molar-refractivity contribution in [1.82, 2.24) is 14.6 Å². The summed E-state index contributed by atoms with van der Waals surface area (Å²) in [6, 6.07) is 13.8. The van der Waals surface area contributed by atoms with E-state index in [2.05, 4.69) is 15.9 Å². The van der Waals surface area contributed by atoms with Gasteiger partial charge in [-0.3, -0.25) is 9.29 Å². The van der Waals surface area contributed by atoms with Crippen molar-refractivity contribution >= 4 is 16.9 Å². The monoisotopic (exact) mass is 355 g/mol. The molecule has 2 aliphatic heterocycles. The van der Waals surface area contributed by atoms with Crippen LogP contribution in [-0.2, 0) is 11.2 Å². The van der Waals surface area contributed by atoms with Crippen LogP contribution in [0.25, 0.3) is 11.3 Å². The van der Waals surface area contributed by atoms with Crippen LogP contribution in [0.15, 0.2) is 48.7 Å². The molecule has 1 N–H and O–H groups in total. The highest BCUT2D eigenvalue weighted by molar-refractivity contribution is 7.84. The molecule has 2 fully saturated rings. The van der Waals surface area contributed by atoms with Crippen molar-refractivity contribution in [3.8, 4) is 17.5 Å². The van der Waals surface area contributed by atoms with Crippen LogP contribution in [-0.4, -0.2) is 40.3 Å². The van der Waals surface area contributed by atoms with Crippen LogP contribution in [0.1, 0.15) is 12.8 Å². The van der Waals surface area contributed by atoms with E-state index in [1.807, 2.05) is 46.8 Å². The fourth-order valence-corrected chi connectivity index (χ4v) is 3.78. The van der Waals surface area contributed by atoms with Crippen molar-refractivity contribution in [2.45, 2.75) is 12.8 Å². The average molecular weight is 355 g/mol. The number of hydrogen-bond donors (Lipinski definition) is 1. The van der Waals surface area contributed by atoms with Crippen molar-refractivity contribution in [2.24, 2.45) is 0 Å². The van der Waals surface area contributed by atoms with Gasteiger partial charge in [0, 0.05) is 37.9 Å². The molecule has 1 aromatic heterocycles. The lowest BCUT2D eigenvalue weighted by atomic mass is 10.1. The Morgan fingerprint density at radius 1 is 1.12 bits per heavy atom. The first-order valence-electron chi connectivity index (χ1n) is 8.37. The number of hydrogen-bond acceptors (Lipinski definition) is 4. The maximum atomic E-state index is 11.7. The minimum Gasteiger partial charge on any atom is -0.311 e. The Balaban J connectivity index is 0.000000219. The van der Waals surface area contributed by atoms with Crippen LogP contribution in [0.4, 0.5) is 5.69 Å². The second-order valence-corrected chi connectivity index (χ2v) is 7.03. The first-order chi connectivity index (χ1) is 12.3.